The van der Waals surface area contributed by atoms with Crippen molar-refractivity contribution in [3.8, 4) is 5.75 Å². The number of rotatable bonds is 4. The van der Waals surface area contributed by atoms with Crippen molar-refractivity contribution >= 4 is 11.6 Å². The third-order valence-corrected chi connectivity index (χ3v) is 3.18. The summed E-state index contributed by atoms with van der Waals surface area (Å²) in [6.45, 7) is 1.29. The molecule has 0 bridgehead atoms. The smallest absolute Gasteiger partial charge is 0.123 e. The molecule has 0 unspecified atom stereocenters. The fourth-order valence-electron chi connectivity index (χ4n) is 1.72. The van der Waals surface area contributed by atoms with Crippen LogP contribution in [0.25, 0.3) is 0 Å². The standard InChI is InChI=1S/C12H16ClNO/c13-11-4-5-12(10(6-11)7-14)15-8-9-2-1-3-9/h4-6,9H,1-3,7-8,14H2. The van der Waals surface area contributed by atoms with Crippen molar-refractivity contribution in [3.05, 3.63) is 28.8 Å². The summed E-state index contributed by atoms with van der Waals surface area (Å²) in [5.74, 6) is 1.63. The van der Waals surface area contributed by atoms with Gasteiger partial charge in [0, 0.05) is 17.1 Å². The summed E-state index contributed by atoms with van der Waals surface area (Å²) in [5.41, 5.74) is 6.62. The average molecular weight is 226 g/mol. The zero-order valence-electron chi connectivity index (χ0n) is 8.71. The average Bonchev–Trinajstić information content (AvgIpc) is 2.17. The highest BCUT2D eigenvalue weighted by atomic mass is 35.5. The first-order chi connectivity index (χ1) is 7.29. The summed E-state index contributed by atoms with van der Waals surface area (Å²) < 4.78 is 5.75. The van der Waals surface area contributed by atoms with E-state index >= 15 is 0 Å². The van der Waals surface area contributed by atoms with Crippen molar-refractivity contribution in [1.29, 1.82) is 0 Å². The van der Waals surface area contributed by atoms with E-state index in [2.05, 4.69) is 0 Å². The maximum atomic E-state index is 5.89. The number of hydrogen-bond acceptors (Lipinski definition) is 2. The molecule has 1 aromatic rings. The first kappa shape index (κ1) is 10.8. The molecular formula is C12H16ClNO. The van der Waals surface area contributed by atoms with Gasteiger partial charge in [-0.1, -0.05) is 18.0 Å². The molecule has 0 heterocycles. The van der Waals surface area contributed by atoms with Crippen LogP contribution in [0.2, 0.25) is 5.02 Å². The van der Waals surface area contributed by atoms with E-state index in [1.54, 1.807) is 0 Å². The Kier molecular flexibility index (Phi) is 3.49. The fraction of sp³-hybridized carbons (Fsp3) is 0.500. The molecule has 0 aromatic heterocycles. The van der Waals surface area contributed by atoms with Gasteiger partial charge in [0.2, 0.25) is 0 Å². The third kappa shape index (κ3) is 2.64. The van der Waals surface area contributed by atoms with Crippen molar-refractivity contribution in [2.24, 2.45) is 11.7 Å². The monoisotopic (exact) mass is 225 g/mol. The molecule has 0 aliphatic heterocycles. The molecule has 3 heteroatoms. The minimum absolute atomic E-state index is 0.473. The summed E-state index contributed by atoms with van der Waals surface area (Å²) in [6, 6.07) is 5.62. The normalized spacial score (nSPS) is 16.1. The zero-order chi connectivity index (χ0) is 10.7. The van der Waals surface area contributed by atoms with E-state index in [1.807, 2.05) is 18.2 Å². The molecule has 15 heavy (non-hydrogen) atoms. The molecule has 0 amide bonds. The maximum absolute atomic E-state index is 5.89. The molecule has 0 atom stereocenters. The van der Waals surface area contributed by atoms with Crippen molar-refractivity contribution in [1.82, 2.24) is 0 Å². The molecule has 0 radical (unpaired) electrons. The fourth-order valence-corrected chi connectivity index (χ4v) is 1.91. The van der Waals surface area contributed by atoms with Crippen LogP contribution in [0.4, 0.5) is 0 Å². The number of benzene rings is 1. The van der Waals surface area contributed by atoms with Crippen LogP contribution < -0.4 is 10.5 Å². The summed E-state index contributed by atoms with van der Waals surface area (Å²) in [7, 11) is 0. The van der Waals surface area contributed by atoms with Gasteiger partial charge in [0.25, 0.3) is 0 Å². The van der Waals surface area contributed by atoms with E-state index in [9.17, 15) is 0 Å². The molecular weight excluding hydrogens is 210 g/mol. The van der Waals surface area contributed by atoms with E-state index in [-0.39, 0.29) is 0 Å². The first-order valence-electron chi connectivity index (χ1n) is 5.41. The summed E-state index contributed by atoms with van der Waals surface area (Å²) in [5, 5.41) is 0.714. The van der Waals surface area contributed by atoms with Crippen molar-refractivity contribution < 1.29 is 4.74 Å². The highest BCUT2D eigenvalue weighted by Crippen LogP contribution is 2.28. The van der Waals surface area contributed by atoms with Crippen LogP contribution in [0.1, 0.15) is 24.8 Å². The van der Waals surface area contributed by atoms with E-state index in [0.717, 1.165) is 23.8 Å². The van der Waals surface area contributed by atoms with Gasteiger partial charge in [-0.05, 0) is 37.0 Å². The Bertz CT molecular complexity index is 336. The summed E-state index contributed by atoms with van der Waals surface area (Å²) >= 11 is 5.89. The van der Waals surface area contributed by atoms with Crippen LogP contribution in [0.15, 0.2) is 18.2 Å². The summed E-state index contributed by atoms with van der Waals surface area (Å²) in [6.07, 6.45) is 3.94. The number of hydrogen-bond donors (Lipinski definition) is 1. The topological polar surface area (TPSA) is 35.2 Å². The lowest BCUT2D eigenvalue weighted by molar-refractivity contribution is 0.179. The molecule has 1 aliphatic carbocycles. The highest BCUT2D eigenvalue weighted by Gasteiger charge is 2.18. The van der Waals surface area contributed by atoms with Crippen LogP contribution in [0.5, 0.6) is 5.75 Å². The minimum atomic E-state index is 0.473. The number of ether oxygens (including phenoxy) is 1. The second-order valence-electron chi connectivity index (χ2n) is 4.06. The van der Waals surface area contributed by atoms with Crippen molar-refractivity contribution in [3.63, 3.8) is 0 Å². The van der Waals surface area contributed by atoms with Gasteiger partial charge in [0.1, 0.15) is 5.75 Å². The van der Waals surface area contributed by atoms with E-state index < -0.39 is 0 Å². The Balaban J connectivity index is 1.99. The Morgan fingerprint density at radius 2 is 2.20 bits per heavy atom. The molecule has 2 rings (SSSR count). The number of halogens is 1. The zero-order valence-corrected chi connectivity index (χ0v) is 9.46. The van der Waals surface area contributed by atoms with E-state index in [0.29, 0.717) is 11.6 Å². The van der Waals surface area contributed by atoms with Gasteiger partial charge in [-0.2, -0.15) is 0 Å². The van der Waals surface area contributed by atoms with Crippen LogP contribution in [0, 0.1) is 5.92 Å². The van der Waals surface area contributed by atoms with Crippen molar-refractivity contribution in [2.45, 2.75) is 25.8 Å². The minimum Gasteiger partial charge on any atom is -0.493 e. The van der Waals surface area contributed by atoms with E-state index in [1.165, 1.54) is 19.3 Å². The predicted molar refractivity (Wildman–Crippen MR) is 62.2 cm³/mol. The van der Waals surface area contributed by atoms with E-state index in [4.69, 9.17) is 22.1 Å². The Labute approximate surface area is 95.4 Å². The van der Waals surface area contributed by atoms with Gasteiger partial charge in [-0.25, -0.2) is 0 Å². The molecule has 82 valence electrons. The maximum Gasteiger partial charge on any atom is 0.123 e. The molecule has 1 aliphatic rings. The Morgan fingerprint density at radius 1 is 1.40 bits per heavy atom. The number of nitrogens with two attached hydrogens (primary N) is 1. The molecule has 1 aromatic carbocycles. The SMILES string of the molecule is NCc1cc(Cl)ccc1OCC1CCC1. The molecule has 0 spiro atoms. The van der Waals surface area contributed by atoms with Gasteiger partial charge >= 0.3 is 0 Å². The highest BCUT2D eigenvalue weighted by molar-refractivity contribution is 6.30. The van der Waals surface area contributed by atoms with Gasteiger partial charge in [-0.3, -0.25) is 0 Å². The van der Waals surface area contributed by atoms with Crippen LogP contribution in [0.3, 0.4) is 0 Å². The van der Waals surface area contributed by atoms with Gasteiger partial charge < -0.3 is 10.5 Å². The van der Waals surface area contributed by atoms with Gasteiger partial charge in [-0.15, -0.1) is 0 Å². The third-order valence-electron chi connectivity index (χ3n) is 2.94. The largest absolute Gasteiger partial charge is 0.493 e. The second-order valence-corrected chi connectivity index (χ2v) is 4.50. The van der Waals surface area contributed by atoms with Gasteiger partial charge in [0.05, 0.1) is 6.61 Å². The first-order valence-corrected chi connectivity index (χ1v) is 5.78. The molecule has 1 fully saturated rings. The molecule has 2 N–H and O–H groups in total. The second kappa shape index (κ2) is 4.86. The Morgan fingerprint density at radius 3 is 2.80 bits per heavy atom. The van der Waals surface area contributed by atoms with Gasteiger partial charge in [0.15, 0.2) is 0 Å². The quantitative estimate of drug-likeness (QED) is 0.855. The lowest BCUT2D eigenvalue weighted by Crippen LogP contribution is -2.19. The molecule has 2 nitrogen and oxygen atoms in total. The summed E-state index contributed by atoms with van der Waals surface area (Å²) in [4.78, 5) is 0. The lowest BCUT2D eigenvalue weighted by atomic mass is 9.86. The molecule has 1 saturated carbocycles. The predicted octanol–water partition coefficient (Wildman–Crippen LogP) is 2.98. The molecule has 0 saturated heterocycles. The van der Waals surface area contributed by atoms with Crippen LogP contribution in [-0.4, -0.2) is 6.61 Å². The lowest BCUT2D eigenvalue weighted by Gasteiger charge is -2.25. The van der Waals surface area contributed by atoms with Crippen molar-refractivity contribution in [2.75, 3.05) is 6.61 Å². The Hall–Kier alpha value is -0.730. The van der Waals surface area contributed by atoms with Crippen LogP contribution in [-0.2, 0) is 6.54 Å². The van der Waals surface area contributed by atoms with Crippen LogP contribution >= 0.6 is 11.6 Å².